The van der Waals surface area contributed by atoms with Gasteiger partial charge >= 0.3 is 0 Å². The number of likely N-dealkylation sites (tertiary alicyclic amines) is 1. The molecule has 2 heterocycles. The molecule has 0 aliphatic carbocycles. The van der Waals surface area contributed by atoms with Gasteiger partial charge in [-0.25, -0.2) is 0 Å². The van der Waals surface area contributed by atoms with E-state index in [0.717, 1.165) is 36.1 Å². The highest BCUT2D eigenvalue weighted by molar-refractivity contribution is 9.10. The van der Waals surface area contributed by atoms with Gasteiger partial charge in [0.1, 0.15) is 5.56 Å². The molecule has 0 atom stereocenters. The third-order valence-corrected chi connectivity index (χ3v) is 3.62. The van der Waals surface area contributed by atoms with Gasteiger partial charge in [-0.15, -0.1) is 0 Å². The monoisotopic (exact) mass is 284 g/mol. The maximum atomic E-state index is 12.0. The van der Waals surface area contributed by atoms with Crippen LogP contribution in [0.4, 0.5) is 0 Å². The van der Waals surface area contributed by atoms with Crippen molar-refractivity contribution >= 4 is 21.8 Å². The van der Waals surface area contributed by atoms with Gasteiger partial charge in [0.15, 0.2) is 0 Å². The number of carbonyl (C=O) groups excluding carboxylic acids is 1. The van der Waals surface area contributed by atoms with E-state index in [2.05, 4.69) is 20.9 Å². The molecule has 5 heteroatoms. The lowest BCUT2D eigenvalue weighted by Gasteiger charge is -2.14. The molecule has 4 nitrogen and oxygen atoms in total. The lowest BCUT2D eigenvalue weighted by molar-refractivity contribution is 0.0791. The van der Waals surface area contributed by atoms with Gasteiger partial charge < -0.3 is 9.88 Å². The van der Waals surface area contributed by atoms with Gasteiger partial charge in [-0.3, -0.25) is 9.59 Å². The number of pyridine rings is 1. The smallest absolute Gasteiger partial charge is 0.261 e. The van der Waals surface area contributed by atoms with Crippen molar-refractivity contribution in [2.45, 2.75) is 19.8 Å². The molecule has 1 amide bonds. The molecule has 1 aliphatic rings. The first kappa shape index (κ1) is 11.4. The molecule has 0 unspecified atom stereocenters. The van der Waals surface area contributed by atoms with E-state index in [0.29, 0.717) is 0 Å². The van der Waals surface area contributed by atoms with E-state index in [1.807, 2.05) is 0 Å². The summed E-state index contributed by atoms with van der Waals surface area (Å²) in [5, 5.41) is 0. The molecule has 0 saturated carbocycles. The highest BCUT2D eigenvalue weighted by atomic mass is 79.9. The number of rotatable bonds is 1. The van der Waals surface area contributed by atoms with Gasteiger partial charge in [0.25, 0.3) is 11.5 Å². The van der Waals surface area contributed by atoms with Crippen LogP contribution in [0.2, 0.25) is 0 Å². The fraction of sp³-hybridized carbons (Fsp3) is 0.455. The number of nitrogens with zero attached hydrogens (tertiary/aromatic N) is 1. The van der Waals surface area contributed by atoms with E-state index < -0.39 is 0 Å². The zero-order valence-corrected chi connectivity index (χ0v) is 10.6. The maximum Gasteiger partial charge on any atom is 0.261 e. The van der Waals surface area contributed by atoms with Crippen LogP contribution in [0.15, 0.2) is 15.3 Å². The number of nitrogens with one attached hydrogen (secondary N) is 1. The van der Waals surface area contributed by atoms with E-state index in [9.17, 15) is 9.59 Å². The molecule has 1 saturated heterocycles. The Hall–Kier alpha value is -1.10. The van der Waals surface area contributed by atoms with E-state index in [1.54, 1.807) is 17.9 Å². The van der Waals surface area contributed by atoms with Crippen LogP contribution in [0, 0.1) is 6.92 Å². The lowest BCUT2D eigenvalue weighted by atomic mass is 10.2. The summed E-state index contributed by atoms with van der Waals surface area (Å²) in [6.07, 6.45) is 2.05. The molecular formula is C11H13BrN2O2. The Balaban J connectivity index is 2.36. The number of aryl methyl sites for hydroxylation is 1. The van der Waals surface area contributed by atoms with Crippen molar-refractivity contribution in [1.29, 1.82) is 0 Å². The second-order valence-corrected chi connectivity index (χ2v) is 4.84. The average Bonchev–Trinajstić information content (AvgIpc) is 2.75. The van der Waals surface area contributed by atoms with Crippen LogP contribution in [-0.4, -0.2) is 28.9 Å². The number of amides is 1. The summed E-state index contributed by atoms with van der Waals surface area (Å²) in [6, 6.07) is 1.61. The number of aromatic nitrogens is 1. The Bertz CT molecular complexity index is 475. The average molecular weight is 285 g/mol. The van der Waals surface area contributed by atoms with Crippen LogP contribution in [0.5, 0.6) is 0 Å². The first-order valence-electron chi connectivity index (χ1n) is 5.28. The Morgan fingerprint density at radius 1 is 1.44 bits per heavy atom. The summed E-state index contributed by atoms with van der Waals surface area (Å²) in [5.74, 6) is -0.167. The van der Waals surface area contributed by atoms with Crippen LogP contribution >= 0.6 is 15.9 Å². The molecule has 0 bridgehead atoms. The van der Waals surface area contributed by atoms with E-state index >= 15 is 0 Å². The number of H-pyrrole nitrogens is 1. The summed E-state index contributed by atoms with van der Waals surface area (Å²) in [7, 11) is 0. The van der Waals surface area contributed by atoms with Crippen molar-refractivity contribution in [3.05, 3.63) is 32.2 Å². The first-order valence-corrected chi connectivity index (χ1v) is 6.07. The van der Waals surface area contributed by atoms with Gasteiger partial charge in [-0.2, -0.15) is 0 Å². The van der Waals surface area contributed by atoms with Crippen molar-refractivity contribution in [3.8, 4) is 0 Å². The number of hydrogen-bond donors (Lipinski definition) is 1. The predicted molar refractivity (Wildman–Crippen MR) is 64.6 cm³/mol. The molecular weight excluding hydrogens is 272 g/mol. The fourth-order valence-electron chi connectivity index (χ4n) is 1.85. The zero-order chi connectivity index (χ0) is 11.7. The molecule has 0 aromatic carbocycles. The highest BCUT2D eigenvalue weighted by Crippen LogP contribution is 2.16. The van der Waals surface area contributed by atoms with Crippen molar-refractivity contribution in [2.24, 2.45) is 0 Å². The topological polar surface area (TPSA) is 53.2 Å². The molecule has 1 aliphatic heterocycles. The summed E-state index contributed by atoms with van der Waals surface area (Å²) >= 11 is 3.32. The second kappa shape index (κ2) is 4.41. The quantitative estimate of drug-likeness (QED) is 0.853. The number of halogens is 1. The molecule has 16 heavy (non-hydrogen) atoms. The maximum absolute atomic E-state index is 12.0. The van der Waals surface area contributed by atoms with Crippen LogP contribution < -0.4 is 5.56 Å². The number of hydrogen-bond acceptors (Lipinski definition) is 2. The number of aromatic amines is 1. The van der Waals surface area contributed by atoms with Crippen LogP contribution in [0.25, 0.3) is 0 Å². The van der Waals surface area contributed by atoms with Gasteiger partial charge in [0.2, 0.25) is 0 Å². The van der Waals surface area contributed by atoms with Crippen LogP contribution in [-0.2, 0) is 0 Å². The van der Waals surface area contributed by atoms with Gasteiger partial charge in [-0.1, -0.05) is 0 Å². The largest absolute Gasteiger partial charge is 0.338 e. The molecule has 1 aromatic rings. The van der Waals surface area contributed by atoms with Crippen LogP contribution in [0.3, 0.4) is 0 Å². The Morgan fingerprint density at radius 3 is 2.69 bits per heavy atom. The summed E-state index contributed by atoms with van der Waals surface area (Å²) in [5.41, 5.74) is 0.653. The van der Waals surface area contributed by atoms with E-state index in [4.69, 9.17) is 0 Å². The van der Waals surface area contributed by atoms with Crippen molar-refractivity contribution in [3.63, 3.8) is 0 Å². The standard InChI is InChI=1S/C11H13BrN2O2/c1-7-9(12)6-8(10(15)13-7)11(16)14-4-2-3-5-14/h6H,2-5H2,1H3,(H,13,15). The molecule has 86 valence electrons. The minimum Gasteiger partial charge on any atom is -0.338 e. The van der Waals surface area contributed by atoms with Crippen molar-refractivity contribution < 1.29 is 4.79 Å². The minimum atomic E-state index is -0.308. The van der Waals surface area contributed by atoms with Gasteiger partial charge in [-0.05, 0) is 41.8 Å². The van der Waals surface area contributed by atoms with E-state index in [-0.39, 0.29) is 17.0 Å². The molecule has 1 aromatic heterocycles. The molecule has 1 fully saturated rings. The summed E-state index contributed by atoms with van der Waals surface area (Å²) in [4.78, 5) is 28.1. The second-order valence-electron chi connectivity index (χ2n) is 3.98. The fourth-order valence-corrected chi connectivity index (χ4v) is 2.18. The Kier molecular flexibility index (Phi) is 3.14. The van der Waals surface area contributed by atoms with Crippen molar-refractivity contribution in [1.82, 2.24) is 9.88 Å². The summed E-state index contributed by atoms with van der Waals surface area (Å²) in [6.45, 7) is 3.29. The summed E-state index contributed by atoms with van der Waals surface area (Å²) < 4.78 is 0.759. The Labute approximate surface area is 102 Å². The van der Waals surface area contributed by atoms with Gasteiger partial charge in [0.05, 0.1) is 0 Å². The molecule has 0 spiro atoms. The Morgan fingerprint density at radius 2 is 2.06 bits per heavy atom. The molecule has 0 radical (unpaired) electrons. The lowest BCUT2D eigenvalue weighted by Crippen LogP contribution is -2.32. The third-order valence-electron chi connectivity index (χ3n) is 2.80. The molecule has 1 N–H and O–H groups in total. The predicted octanol–water partition coefficient (Wildman–Crippen LogP) is 1.68. The SMILES string of the molecule is Cc1[nH]c(=O)c(C(=O)N2CCCC2)cc1Br. The van der Waals surface area contributed by atoms with Crippen LogP contribution in [0.1, 0.15) is 28.9 Å². The molecule has 2 rings (SSSR count). The van der Waals surface area contributed by atoms with Gasteiger partial charge in [0, 0.05) is 23.3 Å². The van der Waals surface area contributed by atoms with Crippen molar-refractivity contribution in [2.75, 3.05) is 13.1 Å². The third kappa shape index (κ3) is 2.04. The minimum absolute atomic E-state index is 0.167. The zero-order valence-electron chi connectivity index (χ0n) is 9.05. The number of carbonyl (C=O) groups is 1. The van der Waals surface area contributed by atoms with E-state index in [1.165, 1.54) is 0 Å². The highest BCUT2D eigenvalue weighted by Gasteiger charge is 2.22. The first-order chi connectivity index (χ1) is 7.59. The normalized spacial score (nSPS) is 15.5.